The Kier molecular flexibility index (Phi) is 7.37. The Bertz CT molecular complexity index is 937. The van der Waals surface area contributed by atoms with Crippen LogP contribution in [0.5, 0.6) is 5.75 Å². The highest BCUT2D eigenvalue weighted by Crippen LogP contribution is 2.22. The van der Waals surface area contributed by atoms with E-state index in [1.54, 1.807) is 12.1 Å². The van der Waals surface area contributed by atoms with E-state index >= 15 is 0 Å². The lowest BCUT2D eigenvalue weighted by molar-refractivity contribution is -0.116. The highest BCUT2D eigenvalue weighted by atomic mass is 32.2. The van der Waals surface area contributed by atoms with Gasteiger partial charge in [-0.1, -0.05) is 31.2 Å². The topological polar surface area (TPSA) is 75.7 Å². The predicted molar refractivity (Wildman–Crippen MR) is 111 cm³/mol. The molecule has 28 heavy (non-hydrogen) atoms. The van der Waals surface area contributed by atoms with Crippen LogP contribution < -0.4 is 10.1 Å². The minimum absolute atomic E-state index is 0.0240. The Morgan fingerprint density at radius 3 is 2.46 bits per heavy atom. The van der Waals surface area contributed by atoms with E-state index in [1.807, 2.05) is 32.0 Å². The third-order valence-electron chi connectivity index (χ3n) is 4.35. The Hall–Kier alpha value is -2.64. The van der Waals surface area contributed by atoms with E-state index in [0.717, 1.165) is 27.5 Å². The normalized spacial score (nSPS) is 11.3. The maximum Gasteiger partial charge on any atom is 0.243 e. The molecule has 0 fully saturated rings. The van der Waals surface area contributed by atoms with Gasteiger partial charge in [0.05, 0.1) is 18.6 Å². The van der Waals surface area contributed by atoms with Crippen LogP contribution in [0.4, 0.5) is 5.69 Å². The van der Waals surface area contributed by atoms with Gasteiger partial charge < -0.3 is 10.1 Å². The third kappa shape index (κ3) is 4.99. The van der Waals surface area contributed by atoms with Crippen LogP contribution in [0, 0.1) is 6.92 Å². The number of carbonyl (C=O) groups is 1. The van der Waals surface area contributed by atoms with E-state index in [4.69, 9.17) is 4.74 Å². The van der Waals surface area contributed by atoms with Crippen LogP contribution in [0.15, 0.2) is 60.0 Å². The van der Waals surface area contributed by atoms with Crippen molar-refractivity contribution in [1.82, 2.24) is 4.31 Å². The predicted octanol–water partition coefficient (Wildman–Crippen LogP) is 3.38. The average molecular weight is 403 g/mol. The summed E-state index contributed by atoms with van der Waals surface area (Å²) in [6, 6.07) is 11.8. The summed E-state index contributed by atoms with van der Waals surface area (Å²) in [5, 5.41) is 2.86. The van der Waals surface area contributed by atoms with Crippen LogP contribution in [-0.2, 0) is 21.2 Å². The summed E-state index contributed by atoms with van der Waals surface area (Å²) < 4.78 is 32.1. The number of benzene rings is 2. The van der Waals surface area contributed by atoms with Gasteiger partial charge in [-0.15, -0.1) is 6.58 Å². The molecule has 7 heteroatoms. The largest absolute Gasteiger partial charge is 0.497 e. The van der Waals surface area contributed by atoms with Gasteiger partial charge in [0, 0.05) is 12.2 Å². The summed E-state index contributed by atoms with van der Waals surface area (Å²) in [5.41, 5.74) is 2.66. The van der Waals surface area contributed by atoms with Gasteiger partial charge in [-0.3, -0.25) is 4.79 Å². The van der Waals surface area contributed by atoms with E-state index < -0.39 is 15.9 Å². The SMILES string of the molecule is C=CCN(CC(=O)Nc1c(C)cccc1CC)S(=O)(=O)c1ccc(OC)cc1. The number of amides is 1. The van der Waals surface area contributed by atoms with Crippen molar-refractivity contribution in [3.05, 3.63) is 66.2 Å². The van der Waals surface area contributed by atoms with Crippen molar-refractivity contribution >= 4 is 21.6 Å². The number of nitrogens with one attached hydrogen (secondary N) is 1. The lowest BCUT2D eigenvalue weighted by Crippen LogP contribution is -2.38. The fourth-order valence-corrected chi connectivity index (χ4v) is 4.20. The van der Waals surface area contributed by atoms with Gasteiger partial charge in [0.15, 0.2) is 0 Å². The molecule has 0 bridgehead atoms. The first-order valence-corrected chi connectivity index (χ1v) is 10.4. The van der Waals surface area contributed by atoms with E-state index in [1.165, 1.54) is 25.3 Å². The Morgan fingerprint density at radius 2 is 1.89 bits per heavy atom. The van der Waals surface area contributed by atoms with Gasteiger partial charge in [0.25, 0.3) is 0 Å². The molecule has 2 aromatic rings. The van der Waals surface area contributed by atoms with Gasteiger partial charge in [-0.25, -0.2) is 8.42 Å². The third-order valence-corrected chi connectivity index (χ3v) is 6.18. The molecule has 0 unspecified atom stereocenters. The maximum atomic E-state index is 13.0. The summed E-state index contributed by atoms with van der Waals surface area (Å²) >= 11 is 0. The van der Waals surface area contributed by atoms with Crippen LogP contribution in [0.3, 0.4) is 0 Å². The van der Waals surface area contributed by atoms with Crippen molar-refractivity contribution in [2.75, 3.05) is 25.5 Å². The first kappa shape index (κ1) is 21.7. The fourth-order valence-electron chi connectivity index (χ4n) is 2.83. The summed E-state index contributed by atoms with van der Waals surface area (Å²) in [6.45, 7) is 7.24. The van der Waals surface area contributed by atoms with Crippen molar-refractivity contribution in [3.8, 4) is 5.75 Å². The molecule has 0 spiro atoms. The zero-order valence-electron chi connectivity index (χ0n) is 16.4. The van der Waals surface area contributed by atoms with Crippen molar-refractivity contribution < 1.29 is 17.9 Å². The summed E-state index contributed by atoms with van der Waals surface area (Å²) in [7, 11) is -2.35. The lowest BCUT2D eigenvalue weighted by Gasteiger charge is -2.21. The van der Waals surface area contributed by atoms with Gasteiger partial charge in [-0.2, -0.15) is 4.31 Å². The van der Waals surface area contributed by atoms with Crippen LogP contribution in [-0.4, -0.2) is 38.8 Å². The van der Waals surface area contributed by atoms with Crippen LogP contribution in [0.2, 0.25) is 0 Å². The minimum Gasteiger partial charge on any atom is -0.497 e. The van der Waals surface area contributed by atoms with Crippen molar-refractivity contribution in [1.29, 1.82) is 0 Å². The maximum absolute atomic E-state index is 13.0. The molecule has 6 nitrogen and oxygen atoms in total. The Labute approximate surface area is 166 Å². The van der Waals surface area contributed by atoms with Crippen LogP contribution in [0.1, 0.15) is 18.1 Å². The first-order valence-electron chi connectivity index (χ1n) is 8.97. The average Bonchev–Trinajstić information content (AvgIpc) is 2.69. The van der Waals surface area contributed by atoms with E-state index in [0.29, 0.717) is 5.75 Å². The minimum atomic E-state index is -3.86. The molecule has 2 rings (SSSR count). The molecule has 1 amide bonds. The number of hydrogen-bond acceptors (Lipinski definition) is 4. The summed E-state index contributed by atoms with van der Waals surface area (Å²) in [6.07, 6.45) is 2.22. The van der Waals surface area contributed by atoms with Gasteiger partial charge in [-0.05, 0) is 48.7 Å². The van der Waals surface area contributed by atoms with E-state index in [-0.39, 0.29) is 18.0 Å². The van der Waals surface area contributed by atoms with Crippen molar-refractivity contribution in [2.24, 2.45) is 0 Å². The number of carbonyl (C=O) groups excluding carboxylic acids is 1. The number of ether oxygens (including phenoxy) is 1. The van der Waals surface area contributed by atoms with E-state index in [2.05, 4.69) is 11.9 Å². The second-order valence-corrected chi connectivity index (χ2v) is 8.21. The fraction of sp³-hybridized carbons (Fsp3) is 0.286. The van der Waals surface area contributed by atoms with Gasteiger partial charge >= 0.3 is 0 Å². The zero-order valence-corrected chi connectivity index (χ0v) is 17.3. The molecule has 0 radical (unpaired) electrons. The Morgan fingerprint density at radius 1 is 1.21 bits per heavy atom. The standard InChI is InChI=1S/C21H26N2O4S/c1-5-14-23(28(25,26)19-12-10-18(27-4)11-13-19)15-20(24)22-21-16(3)8-7-9-17(21)6-2/h5,7-13H,1,6,14-15H2,2-4H3,(H,22,24). The Balaban J connectivity index is 2.24. The number of aryl methyl sites for hydroxylation is 2. The molecular weight excluding hydrogens is 376 g/mol. The molecule has 0 saturated carbocycles. The number of hydrogen-bond donors (Lipinski definition) is 1. The summed E-state index contributed by atoms with van der Waals surface area (Å²) in [5.74, 6) is 0.154. The molecule has 0 aliphatic heterocycles. The number of methoxy groups -OCH3 is 1. The van der Waals surface area contributed by atoms with Gasteiger partial charge in [0.2, 0.25) is 15.9 Å². The number of anilines is 1. The number of rotatable bonds is 9. The first-order chi connectivity index (χ1) is 13.3. The van der Waals surface area contributed by atoms with Crippen LogP contribution in [0.25, 0.3) is 0 Å². The molecule has 0 aliphatic carbocycles. The molecule has 150 valence electrons. The molecule has 0 aromatic heterocycles. The summed E-state index contributed by atoms with van der Waals surface area (Å²) in [4.78, 5) is 12.7. The molecule has 1 N–H and O–H groups in total. The number of para-hydroxylation sites is 1. The van der Waals surface area contributed by atoms with Gasteiger partial charge in [0.1, 0.15) is 5.75 Å². The van der Waals surface area contributed by atoms with Crippen LogP contribution >= 0.6 is 0 Å². The molecule has 0 aliphatic rings. The highest BCUT2D eigenvalue weighted by Gasteiger charge is 2.26. The molecule has 0 saturated heterocycles. The molecular formula is C21H26N2O4S. The zero-order chi connectivity index (χ0) is 20.7. The highest BCUT2D eigenvalue weighted by molar-refractivity contribution is 7.89. The quantitative estimate of drug-likeness (QED) is 0.653. The number of nitrogens with zero attached hydrogens (tertiary/aromatic N) is 1. The lowest BCUT2D eigenvalue weighted by atomic mass is 10.1. The van der Waals surface area contributed by atoms with E-state index in [9.17, 15) is 13.2 Å². The second kappa shape index (κ2) is 9.52. The molecule has 0 atom stereocenters. The van der Waals surface area contributed by atoms with Crippen molar-refractivity contribution in [3.63, 3.8) is 0 Å². The molecule has 2 aromatic carbocycles. The monoisotopic (exact) mass is 402 g/mol. The second-order valence-electron chi connectivity index (χ2n) is 6.27. The molecule has 0 heterocycles. The number of sulfonamides is 1. The smallest absolute Gasteiger partial charge is 0.243 e. The van der Waals surface area contributed by atoms with Crippen molar-refractivity contribution in [2.45, 2.75) is 25.2 Å².